The van der Waals surface area contributed by atoms with Crippen LogP contribution >= 0.6 is 11.5 Å². The molecule has 0 bridgehead atoms. The van der Waals surface area contributed by atoms with Gasteiger partial charge < -0.3 is 0 Å². The van der Waals surface area contributed by atoms with E-state index >= 15 is 0 Å². The summed E-state index contributed by atoms with van der Waals surface area (Å²) < 4.78 is 2.87. The predicted octanol–water partition coefficient (Wildman–Crippen LogP) is 4.17. The molecule has 0 N–H and O–H groups in total. The summed E-state index contributed by atoms with van der Waals surface area (Å²) in [6.45, 7) is 6.92. The first-order valence-corrected chi connectivity index (χ1v) is 10.0. The van der Waals surface area contributed by atoms with Gasteiger partial charge in [-0.2, -0.15) is 0 Å². The highest BCUT2D eigenvalue weighted by Crippen LogP contribution is 2.18. The number of hydrogen-bond acceptors (Lipinski definition) is 3. The van der Waals surface area contributed by atoms with E-state index in [2.05, 4.69) is 51.1 Å². The van der Waals surface area contributed by atoms with Gasteiger partial charge in [-0.15, -0.1) is 0 Å². The number of benzene rings is 1. The van der Waals surface area contributed by atoms with Gasteiger partial charge >= 0.3 is 10.6 Å². The maximum absolute atomic E-state index is 12.7. The largest absolute Gasteiger partial charge is 0.345 e. The highest BCUT2D eigenvalue weighted by Gasteiger charge is 2.16. The molecule has 0 spiro atoms. The summed E-state index contributed by atoms with van der Waals surface area (Å²) in [5, 5.41) is 0. The summed E-state index contributed by atoms with van der Waals surface area (Å²) >= 11 is 0.980. The van der Waals surface area contributed by atoms with Gasteiger partial charge in [0.1, 0.15) is 0 Å². The molecule has 1 aliphatic rings. The number of hydrogen-bond donors (Lipinski definition) is 0. The van der Waals surface area contributed by atoms with E-state index in [4.69, 9.17) is 0 Å². The van der Waals surface area contributed by atoms with Gasteiger partial charge in [-0.05, 0) is 49.3 Å². The average Bonchev–Trinajstić information content (AvgIpc) is 2.92. The van der Waals surface area contributed by atoms with Gasteiger partial charge in [-0.1, -0.05) is 56.2 Å². The maximum Gasteiger partial charge on any atom is 0.345 e. The Bertz CT molecular complexity index is 928. The van der Waals surface area contributed by atoms with E-state index in [1.807, 2.05) is 12.1 Å². The van der Waals surface area contributed by atoms with Crippen molar-refractivity contribution in [2.45, 2.75) is 46.6 Å². The normalized spacial score (nSPS) is 18.0. The van der Waals surface area contributed by atoms with Crippen LogP contribution in [0.2, 0.25) is 0 Å². The molecule has 0 aliphatic heterocycles. The van der Waals surface area contributed by atoms with Crippen molar-refractivity contribution in [2.24, 2.45) is 11.8 Å². The number of rotatable bonds is 6. The SMILES string of the molecule is CCC(C)Cc1ccc(-n2sc(=O)n(CC3C=CC(C)=CC3)c2=O)cc1. The summed E-state index contributed by atoms with van der Waals surface area (Å²) in [4.78, 5) is 24.9. The minimum atomic E-state index is -0.241. The first kappa shape index (κ1) is 18.6. The van der Waals surface area contributed by atoms with Crippen molar-refractivity contribution in [3.8, 4) is 5.69 Å². The first-order valence-electron chi connectivity index (χ1n) is 9.25. The second-order valence-corrected chi connectivity index (χ2v) is 8.13. The van der Waals surface area contributed by atoms with E-state index < -0.39 is 0 Å². The third kappa shape index (κ3) is 4.15. The first-order chi connectivity index (χ1) is 12.5. The van der Waals surface area contributed by atoms with Crippen molar-refractivity contribution in [1.82, 2.24) is 8.52 Å². The van der Waals surface area contributed by atoms with Gasteiger partial charge in [0.15, 0.2) is 0 Å². The molecule has 2 unspecified atom stereocenters. The quantitative estimate of drug-likeness (QED) is 0.766. The van der Waals surface area contributed by atoms with Crippen LogP contribution in [0.1, 0.15) is 39.2 Å². The lowest BCUT2D eigenvalue weighted by Crippen LogP contribution is -2.31. The van der Waals surface area contributed by atoms with E-state index in [1.54, 1.807) is 0 Å². The Morgan fingerprint density at radius 3 is 2.58 bits per heavy atom. The fraction of sp³-hybridized carbons (Fsp3) is 0.429. The lowest BCUT2D eigenvalue weighted by Gasteiger charge is -2.14. The molecular weight excluding hydrogens is 344 g/mol. The molecule has 138 valence electrons. The van der Waals surface area contributed by atoms with Gasteiger partial charge in [0, 0.05) is 18.1 Å². The molecule has 2 aromatic rings. The van der Waals surface area contributed by atoms with Crippen molar-refractivity contribution in [3.63, 3.8) is 0 Å². The van der Waals surface area contributed by atoms with Crippen LogP contribution in [-0.4, -0.2) is 8.52 Å². The van der Waals surface area contributed by atoms with Crippen LogP contribution in [0, 0.1) is 11.8 Å². The molecule has 4 nitrogen and oxygen atoms in total. The molecule has 3 rings (SSSR count). The minimum absolute atomic E-state index is 0.196. The Morgan fingerprint density at radius 1 is 1.23 bits per heavy atom. The van der Waals surface area contributed by atoms with Crippen molar-refractivity contribution in [2.75, 3.05) is 0 Å². The lowest BCUT2D eigenvalue weighted by molar-refractivity contribution is 0.507. The molecule has 0 amide bonds. The van der Waals surface area contributed by atoms with Crippen molar-refractivity contribution < 1.29 is 0 Å². The van der Waals surface area contributed by atoms with E-state index in [1.165, 1.54) is 19.7 Å². The molecule has 0 saturated heterocycles. The fourth-order valence-electron chi connectivity index (χ4n) is 3.13. The summed E-state index contributed by atoms with van der Waals surface area (Å²) in [7, 11) is 0. The smallest absolute Gasteiger partial charge is 0.255 e. The average molecular weight is 371 g/mol. The van der Waals surface area contributed by atoms with E-state index in [0.29, 0.717) is 12.5 Å². The van der Waals surface area contributed by atoms with Gasteiger partial charge in [0.05, 0.1) is 5.69 Å². The van der Waals surface area contributed by atoms with Crippen LogP contribution in [0.4, 0.5) is 0 Å². The topological polar surface area (TPSA) is 44.0 Å². The van der Waals surface area contributed by atoms with Crippen LogP contribution in [0.15, 0.2) is 57.7 Å². The standard InChI is InChI=1S/C21H26N2O2S/c1-4-15(2)13-17-9-11-19(12-10-17)23-20(24)22(21(25)26-23)14-18-7-5-16(3)6-8-18/h5-7,9-12,15,18H,4,8,13-14H2,1-3H3. The van der Waals surface area contributed by atoms with E-state index in [0.717, 1.165) is 36.5 Å². The van der Waals surface area contributed by atoms with Crippen LogP contribution in [-0.2, 0) is 13.0 Å². The molecular formula is C21H26N2O2S. The van der Waals surface area contributed by atoms with Gasteiger partial charge in [-0.25, -0.2) is 13.3 Å². The second kappa shape index (κ2) is 8.04. The van der Waals surface area contributed by atoms with Crippen LogP contribution in [0.5, 0.6) is 0 Å². The summed E-state index contributed by atoms with van der Waals surface area (Å²) in [6, 6.07) is 7.98. The zero-order valence-electron chi connectivity index (χ0n) is 15.6. The van der Waals surface area contributed by atoms with Gasteiger partial charge in [0.25, 0.3) is 0 Å². The maximum atomic E-state index is 12.7. The Morgan fingerprint density at radius 2 is 1.96 bits per heavy atom. The summed E-state index contributed by atoms with van der Waals surface area (Å²) in [6.07, 6.45) is 9.35. The number of allylic oxidation sites excluding steroid dienone is 4. The number of aromatic nitrogens is 2. The fourth-order valence-corrected chi connectivity index (χ4v) is 3.94. The summed E-state index contributed by atoms with van der Waals surface area (Å²) in [5.41, 5.74) is 3.01. The molecule has 1 aromatic carbocycles. The molecule has 2 atom stereocenters. The second-order valence-electron chi connectivity index (χ2n) is 7.23. The molecule has 1 aromatic heterocycles. The Labute approximate surface area is 158 Å². The Kier molecular flexibility index (Phi) is 5.77. The van der Waals surface area contributed by atoms with E-state index in [-0.39, 0.29) is 16.5 Å². The van der Waals surface area contributed by atoms with Crippen LogP contribution in [0.3, 0.4) is 0 Å². The van der Waals surface area contributed by atoms with Gasteiger partial charge in [0.2, 0.25) is 0 Å². The zero-order valence-corrected chi connectivity index (χ0v) is 16.5. The van der Waals surface area contributed by atoms with Crippen molar-refractivity contribution >= 4 is 11.5 Å². The van der Waals surface area contributed by atoms with Crippen LogP contribution < -0.4 is 10.6 Å². The number of nitrogens with zero attached hydrogens (tertiary/aromatic N) is 2. The Hall–Kier alpha value is -2.14. The molecule has 0 radical (unpaired) electrons. The molecule has 1 heterocycles. The lowest BCUT2D eigenvalue weighted by atomic mass is 9.97. The Balaban J connectivity index is 1.80. The third-order valence-electron chi connectivity index (χ3n) is 5.04. The molecule has 0 fully saturated rings. The predicted molar refractivity (Wildman–Crippen MR) is 108 cm³/mol. The monoisotopic (exact) mass is 370 g/mol. The molecule has 26 heavy (non-hydrogen) atoms. The molecule has 0 saturated carbocycles. The molecule has 5 heteroatoms. The zero-order chi connectivity index (χ0) is 18.7. The third-order valence-corrected chi connectivity index (χ3v) is 5.96. The molecule has 1 aliphatic carbocycles. The van der Waals surface area contributed by atoms with Crippen molar-refractivity contribution in [1.29, 1.82) is 0 Å². The van der Waals surface area contributed by atoms with Crippen LogP contribution in [0.25, 0.3) is 5.69 Å². The van der Waals surface area contributed by atoms with Gasteiger partial charge in [-0.3, -0.25) is 4.79 Å². The summed E-state index contributed by atoms with van der Waals surface area (Å²) in [5.74, 6) is 0.840. The highest BCUT2D eigenvalue weighted by atomic mass is 32.1. The van der Waals surface area contributed by atoms with E-state index in [9.17, 15) is 9.59 Å². The minimum Gasteiger partial charge on any atom is -0.255 e. The van der Waals surface area contributed by atoms with Crippen molar-refractivity contribution in [3.05, 3.63) is 73.8 Å². The highest BCUT2D eigenvalue weighted by molar-refractivity contribution is 7.03.